The third-order valence-corrected chi connectivity index (χ3v) is 5.57. The number of carbonyl (C=O) groups is 2. The van der Waals surface area contributed by atoms with Crippen molar-refractivity contribution in [3.8, 4) is 5.69 Å². The number of anilines is 1. The SMILES string of the molecule is CCN(CC)C(=O)CN1C(=O)N2CCCN=C2c2cnn(-c3ccccc3Cl)c21. The first-order chi connectivity index (χ1) is 14.1. The van der Waals surface area contributed by atoms with Gasteiger partial charge in [-0.3, -0.25) is 19.6 Å². The average Bonchev–Trinajstić information content (AvgIpc) is 3.17. The van der Waals surface area contributed by atoms with E-state index in [0.717, 1.165) is 12.0 Å². The van der Waals surface area contributed by atoms with Crippen LogP contribution in [0.1, 0.15) is 25.8 Å². The second-order valence-electron chi connectivity index (χ2n) is 6.89. The quantitative estimate of drug-likeness (QED) is 0.755. The maximum absolute atomic E-state index is 13.3. The molecule has 0 bridgehead atoms. The number of likely N-dealkylation sites (N-methyl/N-ethyl adjacent to an activating group) is 1. The zero-order valence-electron chi connectivity index (χ0n) is 16.5. The van der Waals surface area contributed by atoms with Crippen LogP contribution in [0.15, 0.2) is 35.5 Å². The maximum Gasteiger partial charge on any atom is 0.331 e. The number of carbonyl (C=O) groups excluding carboxylic acids is 2. The van der Waals surface area contributed by atoms with Crippen molar-refractivity contribution in [1.82, 2.24) is 19.6 Å². The summed E-state index contributed by atoms with van der Waals surface area (Å²) in [6, 6.07) is 7.03. The van der Waals surface area contributed by atoms with Gasteiger partial charge in [0.25, 0.3) is 0 Å². The van der Waals surface area contributed by atoms with Gasteiger partial charge in [-0.1, -0.05) is 23.7 Å². The van der Waals surface area contributed by atoms with Gasteiger partial charge in [0, 0.05) is 26.2 Å². The number of hydrogen-bond acceptors (Lipinski definition) is 4. The summed E-state index contributed by atoms with van der Waals surface area (Å²) in [4.78, 5) is 35.6. The Morgan fingerprint density at radius 3 is 2.72 bits per heavy atom. The molecule has 0 radical (unpaired) electrons. The summed E-state index contributed by atoms with van der Waals surface area (Å²) in [7, 11) is 0. The molecule has 0 spiro atoms. The molecule has 0 N–H and O–H groups in total. The highest BCUT2D eigenvalue weighted by Gasteiger charge is 2.40. The number of aliphatic imine (C=N–C) groups is 1. The highest BCUT2D eigenvalue weighted by molar-refractivity contribution is 6.32. The second kappa shape index (κ2) is 7.87. The minimum Gasteiger partial charge on any atom is -0.342 e. The summed E-state index contributed by atoms with van der Waals surface area (Å²) >= 11 is 6.40. The number of para-hydroxylation sites is 1. The molecular formula is C20H23ClN6O2. The molecule has 0 saturated heterocycles. The molecule has 2 aromatic rings. The Morgan fingerprint density at radius 2 is 2.00 bits per heavy atom. The zero-order chi connectivity index (χ0) is 20.5. The van der Waals surface area contributed by atoms with Gasteiger partial charge in [-0.15, -0.1) is 0 Å². The Balaban J connectivity index is 1.84. The summed E-state index contributed by atoms with van der Waals surface area (Å²) in [5, 5.41) is 5.01. The van der Waals surface area contributed by atoms with Gasteiger partial charge in [0.1, 0.15) is 12.4 Å². The fraction of sp³-hybridized carbons (Fsp3) is 0.400. The lowest BCUT2D eigenvalue weighted by atomic mass is 10.1. The standard InChI is InChI=1S/C20H23ClN6O2/c1-3-24(4-2)17(28)13-26-19-14(18-22-10-7-11-25(18)20(26)29)12-23-27(19)16-9-6-5-8-15(16)21/h5-6,8-9,12H,3-4,7,10-11,13H2,1-2H3. The minimum atomic E-state index is -0.259. The van der Waals surface area contributed by atoms with Gasteiger partial charge >= 0.3 is 6.03 Å². The number of amides is 3. The van der Waals surface area contributed by atoms with Crippen molar-refractivity contribution in [3.63, 3.8) is 0 Å². The van der Waals surface area contributed by atoms with Crippen molar-refractivity contribution in [1.29, 1.82) is 0 Å². The number of rotatable bonds is 5. The first kappa shape index (κ1) is 19.4. The van der Waals surface area contributed by atoms with Crippen LogP contribution in [0.3, 0.4) is 0 Å². The number of aromatic nitrogens is 2. The monoisotopic (exact) mass is 414 g/mol. The van der Waals surface area contributed by atoms with Crippen molar-refractivity contribution in [2.75, 3.05) is 37.6 Å². The van der Waals surface area contributed by atoms with Crippen LogP contribution in [0.4, 0.5) is 10.6 Å². The van der Waals surface area contributed by atoms with E-state index in [1.807, 2.05) is 32.0 Å². The molecule has 2 aliphatic heterocycles. The van der Waals surface area contributed by atoms with Crippen LogP contribution in [0.25, 0.3) is 5.69 Å². The molecule has 0 unspecified atom stereocenters. The fourth-order valence-electron chi connectivity index (χ4n) is 3.77. The fourth-order valence-corrected chi connectivity index (χ4v) is 3.99. The van der Waals surface area contributed by atoms with Crippen LogP contribution >= 0.6 is 11.6 Å². The number of benzene rings is 1. The molecule has 0 fully saturated rings. The van der Waals surface area contributed by atoms with E-state index in [-0.39, 0.29) is 18.5 Å². The van der Waals surface area contributed by atoms with Gasteiger partial charge in [-0.2, -0.15) is 5.10 Å². The molecule has 9 heteroatoms. The van der Waals surface area contributed by atoms with E-state index in [9.17, 15) is 9.59 Å². The predicted octanol–water partition coefficient (Wildman–Crippen LogP) is 2.79. The third-order valence-electron chi connectivity index (χ3n) is 5.25. The number of amidine groups is 1. The Kier molecular flexibility index (Phi) is 5.27. The zero-order valence-corrected chi connectivity index (χ0v) is 17.3. The molecule has 1 aromatic heterocycles. The van der Waals surface area contributed by atoms with Gasteiger partial charge in [0.15, 0.2) is 5.82 Å². The van der Waals surface area contributed by atoms with E-state index in [1.54, 1.807) is 26.7 Å². The lowest BCUT2D eigenvalue weighted by molar-refractivity contribution is -0.129. The van der Waals surface area contributed by atoms with E-state index >= 15 is 0 Å². The Bertz CT molecular complexity index is 981. The molecule has 0 aliphatic carbocycles. The number of halogens is 1. The van der Waals surface area contributed by atoms with Crippen LogP contribution in [-0.4, -0.2) is 70.1 Å². The molecule has 152 valence electrons. The Morgan fingerprint density at radius 1 is 1.24 bits per heavy atom. The molecule has 1 aromatic carbocycles. The summed E-state index contributed by atoms with van der Waals surface area (Å²) in [6.07, 6.45) is 2.48. The van der Waals surface area contributed by atoms with E-state index in [1.165, 1.54) is 4.90 Å². The first-order valence-electron chi connectivity index (χ1n) is 9.81. The number of nitrogens with zero attached hydrogens (tertiary/aromatic N) is 6. The van der Waals surface area contributed by atoms with Gasteiger partial charge in [0.05, 0.1) is 22.5 Å². The molecule has 29 heavy (non-hydrogen) atoms. The number of urea groups is 1. The molecule has 2 aliphatic rings. The van der Waals surface area contributed by atoms with Crippen LogP contribution in [0.2, 0.25) is 5.02 Å². The predicted molar refractivity (Wildman–Crippen MR) is 112 cm³/mol. The molecule has 8 nitrogen and oxygen atoms in total. The summed E-state index contributed by atoms with van der Waals surface area (Å²) < 4.78 is 1.62. The molecule has 3 heterocycles. The molecule has 0 atom stereocenters. The Hall–Kier alpha value is -2.87. The van der Waals surface area contributed by atoms with Gasteiger partial charge in [0.2, 0.25) is 5.91 Å². The van der Waals surface area contributed by atoms with E-state index in [2.05, 4.69) is 10.1 Å². The van der Waals surface area contributed by atoms with E-state index < -0.39 is 0 Å². The second-order valence-corrected chi connectivity index (χ2v) is 7.30. The molecule has 4 rings (SSSR count). The minimum absolute atomic E-state index is 0.0621. The number of fused-ring (bicyclic) bond motifs is 3. The van der Waals surface area contributed by atoms with Gasteiger partial charge < -0.3 is 4.90 Å². The molecule has 3 amide bonds. The lowest BCUT2D eigenvalue weighted by Crippen LogP contribution is -2.55. The molecule has 0 saturated carbocycles. The van der Waals surface area contributed by atoms with Crippen molar-refractivity contribution in [2.24, 2.45) is 4.99 Å². The van der Waals surface area contributed by atoms with Crippen LogP contribution in [-0.2, 0) is 4.79 Å². The summed E-state index contributed by atoms with van der Waals surface area (Å²) in [5.74, 6) is 1.03. The highest BCUT2D eigenvalue weighted by atomic mass is 35.5. The largest absolute Gasteiger partial charge is 0.342 e. The third kappa shape index (κ3) is 3.27. The lowest BCUT2D eigenvalue weighted by Gasteiger charge is -2.38. The van der Waals surface area contributed by atoms with Crippen LogP contribution in [0, 0.1) is 0 Å². The van der Waals surface area contributed by atoms with Gasteiger partial charge in [-0.05, 0) is 32.4 Å². The van der Waals surface area contributed by atoms with Crippen molar-refractivity contribution >= 4 is 35.2 Å². The van der Waals surface area contributed by atoms with Crippen molar-refractivity contribution < 1.29 is 9.59 Å². The Labute approximate surface area is 174 Å². The number of hydrogen-bond donors (Lipinski definition) is 0. The topological polar surface area (TPSA) is 74.0 Å². The smallest absolute Gasteiger partial charge is 0.331 e. The summed E-state index contributed by atoms with van der Waals surface area (Å²) in [6.45, 7) is 6.20. The highest BCUT2D eigenvalue weighted by Crippen LogP contribution is 2.34. The normalized spacial score (nSPS) is 15.7. The van der Waals surface area contributed by atoms with Crippen LogP contribution < -0.4 is 4.90 Å². The maximum atomic E-state index is 13.3. The van der Waals surface area contributed by atoms with Gasteiger partial charge in [-0.25, -0.2) is 9.48 Å². The first-order valence-corrected chi connectivity index (χ1v) is 10.2. The van der Waals surface area contributed by atoms with E-state index in [4.69, 9.17) is 11.6 Å². The van der Waals surface area contributed by atoms with Crippen molar-refractivity contribution in [2.45, 2.75) is 20.3 Å². The van der Waals surface area contributed by atoms with Crippen molar-refractivity contribution in [3.05, 3.63) is 41.0 Å². The molecular weight excluding hydrogens is 392 g/mol. The van der Waals surface area contributed by atoms with E-state index in [0.29, 0.717) is 48.5 Å². The van der Waals surface area contributed by atoms with Crippen LogP contribution in [0.5, 0.6) is 0 Å². The summed E-state index contributed by atoms with van der Waals surface area (Å²) in [5.41, 5.74) is 1.38. The average molecular weight is 415 g/mol.